The van der Waals surface area contributed by atoms with Crippen LogP contribution in [0.5, 0.6) is 5.75 Å². The summed E-state index contributed by atoms with van der Waals surface area (Å²) in [5.74, 6) is -0.452. The largest absolute Gasteiger partial charge is 0.497 e. The molecule has 0 aliphatic heterocycles. The number of carbonyl (C=O) groups is 2. The monoisotopic (exact) mass is 379 g/mol. The van der Waals surface area contributed by atoms with Gasteiger partial charge in [-0.2, -0.15) is 5.26 Å². The summed E-state index contributed by atoms with van der Waals surface area (Å²) in [6, 6.07) is 15.7. The summed E-state index contributed by atoms with van der Waals surface area (Å²) in [6.45, 7) is 2.33. The van der Waals surface area contributed by atoms with E-state index in [1.54, 1.807) is 38.3 Å². The van der Waals surface area contributed by atoms with E-state index >= 15 is 0 Å². The molecule has 2 N–H and O–H groups in total. The van der Waals surface area contributed by atoms with Crippen molar-refractivity contribution in [2.75, 3.05) is 19.0 Å². The number of nitrogens with zero attached hydrogens (tertiary/aromatic N) is 1. The Morgan fingerprint density at radius 1 is 1.18 bits per heavy atom. The summed E-state index contributed by atoms with van der Waals surface area (Å²) < 4.78 is 10.1. The van der Waals surface area contributed by atoms with Gasteiger partial charge in [-0.3, -0.25) is 4.79 Å². The summed E-state index contributed by atoms with van der Waals surface area (Å²) in [5.41, 5.74) is 1.31. The first kappa shape index (κ1) is 20.5. The van der Waals surface area contributed by atoms with E-state index in [0.717, 1.165) is 11.3 Å². The van der Waals surface area contributed by atoms with Crippen LogP contribution in [0, 0.1) is 11.3 Å². The molecule has 144 valence electrons. The van der Waals surface area contributed by atoms with Crippen LogP contribution in [0.1, 0.15) is 22.8 Å². The first-order chi connectivity index (χ1) is 13.6. The molecule has 0 radical (unpaired) electrons. The van der Waals surface area contributed by atoms with Crippen LogP contribution in [0.25, 0.3) is 0 Å². The summed E-state index contributed by atoms with van der Waals surface area (Å²) in [5, 5.41) is 14.8. The maximum absolute atomic E-state index is 12.4. The van der Waals surface area contributed by atoms with E-state index < -0.39 is 11.9 Å². The number of hydrogen-bond donors (Lipinski definition) is 2. The van der Waals surface area contributed by atoms with Crippen molar-refractivity contribution in [3.63, 3.8) is 0 Å². The van der Waals surface area contributed by atoms with Gasteiger partial charge in [0.25, 0.3) is 5.91 Å². The Morgan fingerprint density at radius 2 is 1.96 bits per heavy atom. The number of anilines is 1. The van der Waals surface area contributed by atoms with E-state index in [2.05, 4.69) is 10.6 Å². The molecule has 0 bridgehead atoms. The van der Waals surface area contributed by atoms with Gasteiger partial charge in [-0.1, -0.05) is 24.3 Å². The number of benzene rings is 2. The SMILES string of the molecule is CCOC(=O)c1ccccc1NC(=O)/C(C#N)=C\NCc1cccc(OC)c1. The Morgan fingerprint density at radius 3 is 2.68 bits per heavy atom. The van der Waals surface area contributed by atoms with Gasteiger partial charge in [0.05, 0.1) is 25.0 Å². The normalized spacial score (nSPS) is 10.5. The van der Waals surface area contributed by atoms with Crippen molar-refractivity contribution in [2.45, 2.75) is 13.5 Å². The highest BCUT2D eigenvalue weighted by molar-refractivity contribution is 6.09. The van der Waals surface area contributed by atoms with Crippen LogP contribution in [-0.2, 0) is 16.1 Å². The highest BCUT2D eigenvalue weighted by atomic mass is 16.5. The number of hydrogen-bond acceptors (Lipinski definition) is 6. The maximum Gasteiger partial charge on any atom is 0.340 e. The van der Waals surface area contributed by atoms with Gasteiger partial charge >= 0.3 is 5.97 Å². The summed E-state index contributed by atoms with van der Waals surface area (Å²) in [6.07, 6.45) is 1.34. The predicted molar refractivity (Wildman–Crippen MR) is 105 cm³/mol. The topological polar surface area (TPSA) is 100 Å². The molecule has 0 aromatic heterocycles. The average molecular weight is 379 g/mol. The third-order valence-corrected chi connectivity index (χ3v) is 3.72. The third-order valence-electron chi connectivity index (χ3n) is 3.72. The number of rotatable bonds is 8. The molecule has 7 nitrogen and oxygen atoms in total. The Hall–Kier alpha value is -3.79. The van der Waals surface area contributed by atoms with Crippen LogP contribution >= 0.6 is 0 Å². The maximum atomic E-state index is 12.4. The molecule has 2 rings (SSSR count). The summed E-state index contributed by atoms with van der Waals surface area (Å²) in [4.78, 5) is 24.4. The lowest BCUT2D eigenvalue weighted by atomic mass is 10.1. The fraction of sp³-hybridized carbons (Fsp3) is 0.190. The number of esters is 1. The van der Waals surface area contributed by atoms with Crippen molar-refractivity contribution in [1.29, 1.82) is 5.26 Å². The number of nitrogens with one attached hydrogen (secondary N) is 2. The second-order valence-electron chi connectivity index (χ2n) is 5.62. The van der Waals surface area contributed by atoms with Gasteiger partial charge in [0, 0.05) is 12.7 Å². The zero-order valence-corrected chi connectivity index (χ0v) is 15.7. The minimum atomic E-state index is -0.627. The Labute approximate surface area is 163 Å². The molecule has 0 atom stereocenters. The fourth-order valence-corrected chi connectivity index (χ4v) is 2.37. The molecule has 0 spiro atoms. The van der Waals surface area contributed by atoms with Crippen molar-refractivity contribution < 1.29 is 19.1 Å². The molecule has 1 amide bonds. The minimum absolute atomic E-state index is 0.124. The van der Waals surface area contributed by atoms with Crippen LogP contribution in [0.3, 0.4) is 0 Å². The Bertz CT molecular complexity index is 916. The van der Waals surface area contributed by atoms with E-state index in [9.17, 15) is 14.9 Å². The Balaban J connectivity index is 2.06. The van der Waals surface area contributed by atoms with E-state index in [1.807, 2.05) is 30.3 Å². The first-order valence-corrected chi connectivity index (χ1v) is 8.63. The molecule has 2 aromatic rings. The molecular formula is C21H21N3O4. The molecular weight excluding hydrogens is 358 g/mol. The third kappa shape index (κ3) is 5.61. The number of para-hydroxylation sites is 1. The van der Waals surface area contributed by atoms with Gasteiger partial charge in [0.2, 0.25) is 0 Å². The van der Waals surface area contributed by atoms with Crippen LogP contribution in [0.2, 0.25) is 0 Å². The number of ether oxygens (including phenoxy) is 2. The van der Waals surface area contributed by atoms with Crippen LogP contribution < -0.4 is 15.4 Å². The molecule has 28 heavy (non-hydrogen) atoms. The van der Waals surface area contributed by atoms with Crippen molar-refractivity contribution in [2.24, 2.45) is 0 Å². The fourth-order valence-electron chi connectivity index (χ4n) is 2.37. The second-order valence-corrected chi connectivity index (χ2v) is 5.62. The molecule has 2 aromatic carbocycles. The Kier molecular flexibility index (Phi) is 7.61. The molecule has 7 heteroatoms. The zero-order valence-electron chi connectivity index (χ0n) is 15.7. The molecule has 0 aliphatic carbocycles. The lowest BCUT2D eigenvalue weighted by Gasteiger charge is -2.10. The predicted octanol–water partition coefficient (Wildman–Crippen LogP) is 3.01. The standard InChI is InChI=1S/C21H21N3O4/c1-3-28-21(26)18-9-4-5-10-19(18)24-20(25)16(12-22)14-23-13-15-7-6-8-17(11-15)27-2/h4-11,14,23H,3,13H2,1-2H3,(H,24,25)/b16-14-. The smallest absolute Gasteiger partial charge is 0.340 e. The van der Waals surface area contributed by atoms with Crippen LogP contribution in [-0.4, -0.2) is 25.6 Å². The van der Waals surface area contributed by atoms with Gasteiger partial charge in [0.15, 0.2) is 0 Å². The van der Waals surface area contributed by atoms with Crippen molar-refractivity contribution in [3.8, 4) is 11.8 Å². The lowest BCUT2D eigenvalue weighted by Crippen LogP contribution is -2.19. The van der Waals surface area contributed by atoms with Crippen molar-refractivity contribution >= 4 is 17.6 Å². The van der Waals surface area contributed by atoms with Gasteiger partial charge in [-0.25, -0.2) is 4.79 Å². The molecule has 0 fully saturated rings. The highest BCUT2D eigenvalue weighted by Crippen LogP contribution is 2.17. The number of methoxy groups -OCH3 is 1. The van der Waals surface area contributed by atoms with Crippen LogP contribution in [0.4, 0.5) is 5.69 Å². The van der Waals surface area contributed by atoms with E-state index in [-0.39, 0.29) is 23.4 Å². The number of carbonyl (C=O) groups excluding carboxylic acids is 2. The molecule has 0 saturated carbocycles. The minimum Gasteiger partial charge on any atom is -0.497 e. The average Bonchev–Trinajstić information content (AvgIpc) is 2.71. The molecule has 0 saturated heterocycles. The van der Waals surface area contributed by atoms with E-state index in [4.69, 9.17) is 9.47 Å². The van der Waals surface area contributed by atoms with Gasteiger partial charge < -0.3 is 20.1 Å². The highest BCUT2D eigenvalue weighted by Gasteiger charge is 2.16. The summed E-state index contributed by atoms with van der Waals surface area (Å²) >= 11 is 0. The molecule has 0 unspecified atom stereocenters. The first-order valence-electron chi connectivity index (χ1n) is 8.63. The van der Waals surface area contributed by atoms with Gasteiger partial charge in [-0.15, -0.1) is 0 Å². The van der Waals surface area contributed by atoms with Gasteiger partial charge in [0.1, 0.15) is 17.4 Å². The number of nitriles is 1. The van der Waals surface area contributed by atoms with E-state index in [1.165, 1.54) is 6.20 Å². The van der Waals surface area contributed by atoms with Crippen LogP contribution in [0.15, 0.2) is 60.3 Å². The molecule has 0 aliphatic rings. The number of amides is 1. The quantitative estimate of drug-likeness (QED) is 0.415. The zero-order chi connectivity index (χ0) is 20.4. The molecule has 0 heterocycles. The van der Waals surface area contributed by atoms with E-state index in [0.29, 0.717) is 6.54 Å². The second kappa shape index (κ2) is 10.4. The lowest BCUT2D eigenvalue weighted by molar-refractivity contribution is -0.112. The van der Waals surface area contributed by atoms with Gasteiger partial charge in [-0.05, 0) is 36.8 Å². The summed E-state index contributed by atoms with van der Waals surface area (Å²) in [7, 11) is 1.58. The van der Waals surface area contributed by atoms with Crippen molar-refractivity contribution in [1.82, 2.24) is 5.32 Å². The van der Waals surface area contributed by atoms with Crippen molar-refractivity contribution in [3.05, 3.63) is 71.4 Å².